The van der Waals surface area contributed by atoms with Gasteiger partial charge in [0.2, 0.25) is 0 Å². The van der Waals surface area contributed by atoms with Crippen LogP contribution in [0.4, 0.5) is 0 Å². The zero-order valence-electron chi connectivity index (χ0n) is 19.5. The minimum Gasteiger partial charge on any atom is -0.459 e. The first-order chi connectivity index (χ1) is 16.2. The average Bonchev–Trinajstić information content (AvgIpc) is 2.82. The van der Waals surface area contributed by atoms with Crippen molar-refractivity contribution in [1.29, 1.82) is 0 Å². The van der Waals surface area contributed by atoms with Crippen molar-refractivity contribution in [2.24, 2.45) is 0 Å². The van der Waals surface area contributed by atoms with E-state index in [0.717, 1.165) is 5.75 Å². The Bertz CT molecular complexity index is 931. The summed E-state index contributed by atoms with van der Waals surface area (Å²) < 4.78 is 22.3. The highest BCUT2D eigenvalue weighted by molar-refractivity contribution is 8.32. The van der Waals surface area contributed by atoms with Crippen LogP contribution in [-0.2, 0) is 18.9 Å². The normalized spacial score (nSPS) is 25.4. The van der Waals surface area contributed by atoms with Gasteiger partial charge in [-0.05, 0) is 43.0 Å². The predicted octanol–water partition coefficient (Wildman–Crippen LogP) is 2.23. The van der Waals surface area contributed by atoms with Gasteiger partial charge in [0.25, 0.3) is 0 Å². The second-order valence-electron chi connectivity index (χ2n) is 8.89. The lowest BCUT2D eigenvalue weighted by atomic mass is 9.98. The van der Waals surface area contributed by atoms with Crippen LogP contribution in [0, 0.1) is 0 Å². The van der Waals surface area contributed by atoms with Crippen LogP contribution in [0.1, 0.15) is 20.7 Å². The first-order valence-corrected chi connectivity index (χ1v) is 14.0. The highest BCUT2D eigenvalue weighted by atomic mass is 32.3. The maximum Gasteiger partial charge on any atom is 0.338 e. The number of carbonyl (C=O) groups is 2. The van der Waals surface area contributed by atoms with Crippen LogP contribution < -0.4 is 0 Å². The Hall–Kier alpha value is -2.43. The molecule has 1 aliphatic heterocycles. The van der Waals surface area contributed by atoms with Gasteiger partial charge in [-0.2, -0.15) is 0 Å². The quantitative estimate of drug-likeness (QED) is 0.513. The molecule has 5 atom stereocenters. The monoisotopic (exact) mass is 492 g/mol. The molecule has 0 aromatic heterocycles. The van der Waals surface area contributed by atoms with Crippen LogP contribution in [0.2, 0.25) is 0 Å². The number of carbonyl (C=O) groups excluding carboxylic acids is 2. The van der Waals surface area contributed by atoms with E-state index in [1.165, 1.54) is 0 Å². The molecule has 8 nitrogen and oxygen atoms in total. The van der Waals surface area contributed by atoms with Gasteiger partial charge >= 0.3 is 11.9 Å². The van der Waals surface area contributed by atoms with Crippen molar-refractivity contribution in [2.75, 3.05) is 37.7 Å². The van der Waals surface area contributed by atoms with Gasteiger partial charge in [-0.25, -0.2) is 19.6 Å². The molecule has 0 saturated carbocycles. The zero-order chi connectivity index (χ0) is 24.7. The number of benzene rings is 2. The lowest BCUT2D eigenvalue weighted by Gasteiger charge is -2.41. The van der Waals surface area contributed by atoms with Gasteiger partial charge in [-0.3, -0.25) is 0 Å². The zero-order valence-corrected chi connectivity index (χ0v) is 20.4. The van der Waals surface area contributed by atoms with Crippen molar-refractivity contribution in [3.05, 3.63) is 71.8 Å². The molecule has 0 spiro atoms. The fraction of sp³-hybridized carbons (Fsp3) is 0.440. The van der Waals surface area contributed by atoms with Crippen LogP contribution >= 0.6 is 10.0 Å². The van der Waals surface area contributed by atoms with E-state index in [-0.39, 0.29) is 12.2 Å². The van der Waals surface area contributed by atoms with Gasteiger partial charge in [0.05, 0.1) is 17.7 Å². The number of esters is 2. The van der Waals surface area contributed by atoms with E-state index >= 15 is 0 Å². The van der Waals surface area contributed by atoms with Crippen LogP contribution in [0.15, 0.2) is 60.7 Å². The minimum absolute atomic E-state index is 0.272. The van der Waals surface area contributed by atoms with Crippen molar-refractivity contribution in [2.45, 2.75) is 30.7 Å². The van der Waals surface area contributed by atoms with Crippen LogP contribution in [0.3, 0.4) is 0 Å². The third kappa shape index (κ3) is 7.28. The maximum atomic E-state index is 12.6. The molecule has 0 amide bonds. The molecular weight excluding hydrogens is 460 g/mol. The average molecular weight is 493 g/mol. The van der Waals surface area contributed by atoms with E-state index in [9.17, 15) is 19.8 Å². The van der Waals surface area contributed by atoms with Crippen molar-refractivity contribution >= 4 is 22.0 Å². The molecule has 4 unspecified atom stereocenters. The molecule has 1 fully saturated rings. The number of aliphatic hydroxyl groups is 2. The second kappa shape index (κ2) is 11.8. The molecule has 0 radical (unpaired) electrons. The number of aliphatic hydroxyl groups excluding tert-OH is 2. The SMILES string of the molecule is CS(C)(C)CCOC1OC(COC(=O)c2ccccc2)C(O)[C@@H](OC(=O)c2ccccc2)C1O. The molecule has 1 heterocycles. The summed E-state index contributed by atoms with van der Waals surface area (Å²) in [5, 5.41) is 21.7. The Morgan fingerprint density at radius 1 is 0.882 bits per heavy atom. The minimum atomic E-state index is -1.45. The van der Waals surface area contributed by atoms with E-state index in [4.69, 9.17) is 18.9 Å². The predicted molar refractivity (Wildman–Crippen MR) is 129 cm³/mol. The standard InChI is InChI=1S/C25H32O8S/c1-34(2,3)15-14-30-25-21(27)22(33-24(29)18-12-8-5-9-13-18)20(26)19(32-25)16-31-23(28)17-10-6-4-7-11-17/h4-13,19-22,25-27H,14-16H2,1-3H3/t19?,20?,21?,22-,25?/m1/s1. The summed E-state index contributed by atoms with van der Waals surface area (Å²) in [5.74, 6) is -0.526. The Balaban J connectivity index is 1.71. The van der Waals surface area contributed by atoms with Gasteiger partial charge in [0, 0.05) is 5.75 Å². The second-order valence-corrected chi connectivity index (χ2v) is 13.5. The first-order valence-electron chi connectivity index (χ1n) is 10.9. The summed E-state index contributed by atoms with van der Waals surface area (Å²) in [5.41, 5.74) is 0.620. The van der Waals surface area contributed by atoms with Gasteiger partial charge in [-0.1, -0.05) is 36.4 Å². The molecule has 34 heavy (non-hydrogen) atoms. The van der Waals surface area contributed by atoms with Crippen LogP contribution in [-0.4, -0.2) is 90.6 Å². The van der Waals surface area contributed by atoms with E-state index in [1.807, 2.05) is 0 Å². The number of ether oxygens (including phenoxy) is 4. The summed E-state index contributed by atoms with van der Waals surface area (Å²) in [6.07, 6.45) is -0.0554. The molecule has 2 aromatic carbocycles. The number of rotatable bonds is 9. The molecule has 186 valence electrons. The summed E-state index contributed by atoms with van der Waals surface area (Å²) >= 11 is 0. The van der Waals surface area contributed by atoms with Crippen molar-refractivity contribution < 1.29 is 38.7 Å². The fourth-order valence-corrected chi connectivity index (χ4v) is 3.91. The van der Waals surface area contributed by atoms with Crippen molar-refractivity contribution in [1.82, 2.24) is 0 Å². The van der Waals surface area contributed by atoms with E-state index in [0.29, 0.717) is 12.2 Å². The maximum absolute atomic E-state index is 12.6. The molecule has 2 aromatic rings. The summed E-state index contributed by atoms with van der Waals surface area (Å²) in [7, 11) is -0.854. The van der Waals surface area contributed by atoms with Crippen molar-refractivity contribution in [3.8, 4) is 0 Å². The summed E-state index contributed by atoms with van der Waals surface area (Å²) in [6.45, 7) is -0.00207. The van der Waals surface area contributed by atoms with Gasteiger partial charge in [0.15, 0.2) is 12.4 Å². The van der Waals surface area contributed by atoms with Crippen molar-refractivity contribution in [3.63, 3.8) is 0 Å². The third-order valence-electron chi connectivity index (χ3n) is 5.26. The van der Waals surface area contributed by atoms with Gasteiger partial charge < -0.3 is 29.2 Å². The molecule has 1 saturated heterocycles. The highest BCUT2D eigenvalue weighted by Gasteiger charge is 2.48. The van der Waals surface area contributed by atoms with E-state index in [2.05, 4.69) is 18.8 Å². The molecule has 1 aliphatic rings. The highest BCUT2D eigenvalue weighted by Crippen LogP contribution is 2.34. The van der Waals surface area contributed by atoms with E-state index in [1.54, 1.807) is 60.7 Å². The smallest absolute Gasteiger partial charge is 0.338 e. The number of hydrogen-bond acceptors (Lipinski definition) is 8. The molecule has 3 rings (SSSR count). The van der Waals surface area contributed by atoms with Gasteiger partial charge in [-0.15, -0.1) is 0 Å². The molecule has 0 aliphatic carbocycles. The lowest BCUT2D eigenvalue weighted by molar-refractivity contribution is -0.298. The lowest BCUT2D eigenvalue weighted by Crippen LogP contribution is -2.60. The first kappa shape index (κ1) is 26.2. The molecule has 9 heteroatoms. The van der Waals surface area contributed by atoms with Crippen LogP contribution in [0.25, 0.3) is 0 Å². The van der Waals surface area contributed by atoms with Gasteiger partial charge in [0.1, 0.15) is 24.9 Å². The Labute approximate surface area is 201 Å². The third-order valence-corrected chi connectivity index (χ3v) is 6.65. The molecule has 2 N–H and O–H groups in total. The largest absolute Gasteiger partial charge is 0.459 e. The summed E-state index contributed by atoms with van der Waals surface area (Å²) in [4.78, 5) is 24.9. The van der Waals surface area contributed by atoms with Crippen LogP contribution in [0.5, 0.6) is 0 Å². The molecular formula is C25H32O8S. The Morgan fingerprint density at radius 2 is 1.44 bits per heavy atom. The Morgan fingerprint density at radius 3 is 2.00 bits per heavy atom. The number of hydrogen-bond donors (Lipinski definition) is 2. The summed E-state index contributed by atoms with van der Waals surface area (Å²) in [6, 6.07) is 16.7. The van der Waals surface area contributed by atoms with E-state index < -0.39 is 52.7 Å². The molecule has 0 bridgehead atoms. The topological polar surface area (TPSA) is 112 Å². The Kier molecular flexibility index (Phi) is 9.10. The fourth-order valence-electron chi connectivity index (χ4n) is 3.31.